The van der Waals surface area contributed by atoms with Crippen molar-refractivity contribution in [2.24, 2.45) is 11.7 Å². The Hall–Kier alpha value is -2.61. The van der Waals surface area contributed by atoms with E-state index >= 15 is 0 Å². The van der Waals surface area contributed by atoms with Gasteiger partial charge in [0, 0.05) is 13.5 Å². The van der Waals surface area contributed by atoms with E-state index in [2.05, 4.69) is 0 Å². The lowest BCUT2D eigenvalue weighted by atomic mass is 10.1. The number of nitrogens with two attached hydrogens (primary N) is 1. The predicted octanol–water partition coefficient (Wildman–Crippen LogP) is 1.74. The van der Waals surface area contributed by atoms with Crippen LogP contribution in [-0.4, -0.2) is 57.4 Å². The van der Waals surface area contributed by atoms with E-state index in [0.29, 0.717) is 12.3 Å². The van der Waals surface area contributed by atoms with E-state index in [-0.39, 0.29) is 6.42 Å². The van der Waals surface area contributed by atoms with Gasteiger partial charge < -0.3 is 21.1 Å². The Morgan fingerprint density at radius 1 is 1.04 bits per heavy atom. The van der Waals surface area contributed by atoms with E-state index in [1.54, 1.807) is 24.3 Å². The van der Waals surface area contributed by atoms with Gasteiger partial charge in [0.15, 0.2) is 0 Å². The third-order valence-electron chi connectivity index (χ3n) is 3.37. The number of amides is 1. The number of carboxylic acid groups (broad SMARTS) is 3. The number of carbonyl (C=O) groups is 3. The van der Waals surface area contributed by atoms with E-state index in [9.17, 15) is 14.4 Å². The summed E-state index contributed by atoms with van der Waals surface area (Å²) in [5.74, 6) is -1.70. The van der Waals surface area contributed by atoms with Gasteiger partial charge in [0.1, 0.15) is 12.1 Å². The van der Waals surface area contributed by atoms with Crippen LogP contribution in [0.1, 0.15) is 25.8 Å². The molecule has 2 atom stereocenters. The first-order valence-corrected chi connectivity index (χ1v) is 7.77. The summed E-state index contributed by atoms with van der Waals surface area (Å²) in [5, 5.41) is 26.0. The van der Waals surface area contributed by atoms with Crippen LogP contribution in [0.4, 0.5) is 4.79 Å². The van der Waals surface area contributed by atoms with Gasteiger partial charge in [-0.25, -0.2) is 9.59 Å². The molecule has 0 bridgehead atoms. The molecule has 1 aromatic carbocycles. The van der Waals surface area contributed by atoms with Crippen LogP contribution in [0.5, 0.6) is 0 Å². The lowest BCUT2D eigenvalue weighted by Crippen LogP contribution is -2.43. The fourth-order valence-electron chi connectivity index (χ4n) is 1.97. The number of likely N-dealkylation sites (N-methyl/N-ethyl adjacent to an activating group) is 1. The Bertz CT molecular complexity index is 562. The SMILES string of the molecule is CC(C)C[C@H](N)C(=O)O.CN(C(=O)O)[C@@H](Cc1ccccc1)C(=O)O. The van der Waals surface area contributed by atoms with Crippen molar-refractivity contribution < 1.29 is 29.7 Å². The molecule has 0 spiro atoms. The Labute approximate surface area is 146 Å². The third kappa shape index (κ3) is 9.31. The van der Waals surface area contributed by atoms with Crippen molar-refractivity contribution >= 4 is 18.0 Å². The molecule has 25 heavy (non-hydrogen) atoms. The van der Waals surface area contributed by atoms with Crippen molar-refractivity contribution in [1.82, 2.24) is 4.90 Å². The summed E-state index contributed by atoms with van der Waals surface area (Å²) in [6.45, 7) is 3.89. The van der Waals surface area contributed by atoms with Crippen molar-refractivity contribution in [3.05, 3.63) is 35.9 Å². The summed E-state index contributed by atoms with van der Waals surface area (Å²) in [7, 11) is 1.25. The molecule has 5 N–H and O–H groups in total. The van der Waals surface area contributed by atoms with Crippen molar-refractivity contribution in [3.63, 3.8) is 0 Å². The minimum Gasteiger partial charge on any atom is -0.480 e. The molecular weight excluding hydrogens is 328 g/mol. The molecule has 1 aromatic rings. The Morgan fingerprint density at radius 3 is 1.88 bits per heavy atom. The van der Waals surface area contributed by atoms with Crippen LogP contribution in [0.3, 0.4) is 0 Å². The molecule has 0 aromatic heterocycles. The van der Waals surface area contributed by atoms with Gasteiger partial charge in [0.25, 0.3) is 0 Å². The van der Waals surface area contributed by atoms with E-state index in [4.69, 9.17) is 21.1 Å². The first-order chi connectivity index (χ1) is 11.6. The third-order valence-corrected chi connectivity index (χ3v) is 3.37. The summed E-state index contributed by atoms with van der Waals surface area (Å²) in [5.41, 5.74) is 6.01. The molecule has 1 amide bonds. The molecule has 0 aliphatic rings. The van der Waals surface area contributed by atoms with Crippen molar-refractivity contribution in [2.45, 2.75) is 38.8 Å². The summed E-state index contributed by atoms with van der Waals surface area (Å²) in [4.78, 5) is 32.6. The Morgan fingerprint density at radius 2 is 1.56 bits per heavy atom. The largest absolute Gasteiger partial charge is 0.480 e. The van der Waals surface area contributed by atoms with Crippen LogP contribution >= 0.6 is 0 Å². The fourth-order valence-corrected chi connectivity index (χ4v) is 1.97. The molecule has 1 rings (SSSR count). The zero-order valence-electron chi connectivity index (χ0n) is 14.6. The van der Waals surface area contributed by atoms with Crippen LogP contribution in [0, 0.1) is 5.92 Å². The summed E-state index contributed by atoms with van der Waals surface area (Å²) < 4.78 is 0. The highest BCUT2D eigenvalue weighted by molar-refractivity contribution is 5.79. The van der Waals surface area contributed by atoms with Crippen molar-refractivity contribution in [1.29, 1.82) is 0 Å². The van der Waals surface area contributed by atoms with Crippen molar-refractivity contribution in [2.75, 3.05) is 7.05 Å². The van der Waals surface area contributed by atoms with E-state index in [0.717, 1.165) is 10.5 Å². The van der Waals surface area contributed by atoms with Crippen LogP contribution in [0.2, 0.25) is 0 Å². The highest BCUT2D eigenvalue weighted by Gasteiger charge is 2.26. The van der Waals surface area contributed by atoms with Crippen LogP contribution in [0.25, 0.3) is 0 Å². The highest BCUT2D eigenvalue weighted by atomic mass is 16.4. The molecule has 0 unspecified atom stereocenters. The van der Waals surface area contributed by atoms with Gasteiger partial charge in [-0.15, -0.1) is 0 Å². The molecule has 0 heterocycles. The van der Waals surface area contributed by atoms with Gasteiger partial charge in [-0.05, 0) is 17.9 Å². The van der Waals surface area contributed by atoms with Crippen LogP contribution in [-0.2, 0) is 16.0 Å². The zero-order valence-corrected chi connectivity index (χ0v) is 14.6. The molecule has 8 nitrogen and oxygen atoms in total. The topological polar surface area (TPSA) is 141 Å². The van der Waals surface area contributed by atoms with Crippen LogP contribution in [0.15, 0.2) is 30.3 Å². The predicted molar refractivity (Wildman–Crippen MR) is 92.4 cm³/mol. The van der Waals surface area contributed by atoms with Crippen LogP contribution < -0.4 is 5.73 Å². The molecular formula is C17H26N2O6. The molecule has 0 aliphatic heterocycles. The van der Waals surface area contributed by atoms with Crippen molar-refractivity contribution in [3.8, 4) is 0 Å². The van der Waals surface area contributed by atoms with Gasteiger partial charge in [-0.1, -0.05) is 44.2 Å². The fraction of sp³-hybridized carbons (Fsp3) is 0.471. The normalized spacial score (nSPS) is 12.5. The number of nitrogens with zero attached hydrogens (tertiary/aromatic N) is 1. The summed E-state index contributed by atoms with van der Waals surface area (Å²) in [6.07, 6.45) is -0.530. The first-order valence-electron chi connectivity index (χ1n) is 7.77. The second kappa shape index (κ2) is 11.0. The lowest BCUT2D eigenvalue weighted by molar-refractivity contribution is -0.142. The number of rotatable bonds is 7. The standard InChI is InChI=1S/C11H13NO4.C6H13NO2/c1-12(11(15)16)9(10(13)14)7-8-5-3-2-4-6-8;1-4(2)3-5(7)6(8)9/h2-6,9H,7H2,1H3,(H,13,14)(H,15,16);4-5H,3,7H2,1-2H3,(H,8,9)/t9-;5-/m00/s1. The average Bonchev–Trinajstić information content (AvgIpc) is 2.52. The molecule has 8 heteroatoms. The first kappa shape index (κ1) is 22.4. The molecule has 0 aliphatic carbocycles. The average molecular weight is 354 g/mol. The zero-order chi connectivity index (χ0) is 19.6. The number of hydrogen-bond acceptors (Lipinski definition) is 4. The minimum atomic E-state index is -1.25. The summed E-state index contributed by atoms with van der Waals surface area (Å²) in [6, 6.07) is 7.19. The lowest BCUT2D eigenvalue weighted by Gasteiger charge is -2.21. The number of hydrogen-bond donors (Lipinski definition) is 4. The summed E-state index contributed by atoms with van der Waals surface area (Å²) >= 11 is 0. The Balaban J connectivity index is 0.000000547. The minimum absolute atomic E-state index is 0.166. The molecule has 0 saturated carbocycles. The molecule has 140 valence electrons. The van der Waals surface area contributed by atoms with Gasteiger partial charge in [0.2, 0.25) is 0 Å². The van der Waals surface area contributed by atoms with E-state index in [1.165, 1.54) is 7.05 Å². The van der Waals surface area contributed by atoms with E-state index in [1.807, 2.05) is 19.9 Å². The molecule has 0 radical (unpaired) electrons. The maximum absolute atomic E-state index is 10.9. The van der Waals surface area contributed by atoms with E-state index < -0.39 is 30.1 Å². The highest BCUT2D eigenvalue weighted by Crippen LogP contribution is 2.08. The van der Waals surface area contributed by atoms with Gasteiger partial charge in [-0.2, -0.15) is 0 Å². The molecule has 0 saturated heterocycles. The maximum atomic E-state index is 10.9. The van der Waals surface area contributed by atoms with Gasteiger partial charge in [-0.3, -0.25) is 9.69 Å². The smallest absolute Gasteiger partial charge is 0.407 e. The quantitative estimate of drug-likeness (QED) is 0.584. The monoisotopic (exact) mass is 354 g/mol. The second-order valence-corrected chi connectivity index (χ2v) is 6.01. The van der Waals surface area contributed by atoms with Gasteiger partial charge in [0.05, 0.1) is 0 Å². The van der Waals surface area contributed by atoms with Gasteiger partial charge >= 0.3 is 18.0 Å². The second-order valence-electron chi connectivity index (χ2n) is 6.01. The number of carboxylic acids is 2. The Kier molecular flexibility index (Phi) is 9.88. The maximum Gasteiger partial charge on any atom is 0.407 e. The number of aliphatic carboxylic acids is 2. The molecule has 0 fully saturated rings. The number of benzene rings is 1.